The van der Waals surface area contributed by atoms with Crippen LogP contribution >= 0.6 is 0 Å². The third-order valence-electron chi connectivity index (χ3n) is 2.46. The third-order valence-corrected chi connectivity index (χ3v) is 2.46. The van der Waals surface area contributed by atoms with Crippen molar-refractivity contribution < 1.29 is 0 Å². The van der Waals surface area contributed by atoms with Crippen molar-refractivity contribution in [1.82, 2.24) is 15.0 Å². The molecule has 4 heteroatoms. The Labute approximate surface area is 76.2 Å². The van der Waals surface area contributed by atoms with Gasteiger partial charge in [0.2, 0.25) is 0 Å². The van der Waals surface area contributed by atoms with E-state index in [1.54, 1.807) is 0 Å². The molecule has 0 aromatic carbocycles. The highest BCUT2D eigenvalue weighted by Gasteiger charge is 2.08. The van der Waals surface area contributed by atoms with Gasteiger partial charge >= 0.3 is 0 Å². The zero-order valence-electron chi connectivity index (χ0n) is 7.97. The first-order chi connectivity index (χ1) is 6.09. The van der Waals surface area contributed by atoms with Crippen molar-refractivity contribution in [3.63, 3.8) is 0 Å². The van der Waals surface area contributed by atoms with Gasteiger partial charge in [-0.2, -0.15) is 4.98 Å². The fourth-order valence-corrected chi connectivity index (χ4v) is 1.43. The van der Waals surface area contributed by atoms with Crippen molar-refractivity contribution in [3.8, 4) is 0 Å². The highest BCUT2D eigenvalue weighted by atomic mass is 15.1. The molecule has 0 fully saturated rings. The van der Waals surface area contributed by atoms with E-state index in [-0.39, 0.29) is 0 Å². The summed E-state index contributed by atoms with van der Waals surface area (Å²) < 4.78 is 0. The van der Waals surface area contributed by atoms with Crippen molar-refractivity contribution in [3.05, 3.63) is 16.8 Å². The number of hydrogen-bond acceptors (Lipinski definition) is 3. The fourth-order valence-electron chi connectivity index (χ4n) is 1.43. The highest BCUT2D eigenvalue weighted by molar-refractivity contribution is 5.78. The number of rotatable bonds is 0. The normalized spacial score (nSPS) is 11.0. The van der Waals surface area contributed by atoms with Gasteiger partial charge in [-0.25, -0.2) is 4.98 Å². The Kier molecular flexibility index (Phi) is 1.52. The van der Waals surface area contributed by atoms with Crippen LogP contribution in [0, 0.1) is 20.8 Å². The number of aromatic amines is 1. The summed E-state index contributed by atoms with van der Waals surface area (Å²) in [5.41, 5.74) is 10.6. The molecule has 2 heterocycles. The van der Waals surface area contributed by atoms with Gasteiger partial charge in [0.25, 0.3) is 0 Å². The van der Waals surface area contributed by atoms with Gasteiger partial charge in [0, 0.05) is 5.69 Å². The number of nitrogen functional groups attached to an aromatic ring is 1. The Morgan fingerprint density at radius 1 is 1.08 bits per heavy atom. The molecule has 13 heavy (non-hydrogen) atoms. The average Bonchev–Trinajstić information content (AvgIpc) is 2.42. The summed E-state index contributed by atoms with van der Waals surface area (Å²) in [6.07, 6.45) is 0. The molecule has 0 unspecified atom stereocenters. The van der Waals surface area contributed by atoms with Crippen molar-refractivity contribution in [2.45, 2.75) is 20.8 Å². The summed E-state index contributed by atoms with van der Waals surface area (Å²) in [7, 11) is 0. The summed E-state index contributed by atoms with van der Waals surface area (Å²) in [5.74, 6) is 0.426. The van der Waals surface area contributed by atoms with Crippen LogP contribution in [0.3, 0.4) is 0 Å². The first-order valence-electron chi connectivity index (χ1n) is 4.18. The van der Waals surface area contributed by atoms with Crippen LogP contribution in [0.25, 0.3) is 11.2 Å². The zero-order valence-corrected chi connectivity index (χ0v) is 7.97. The van der Waals surface area contributed by atoms with Crippen molar-refractivity contribution >= 4 is 17.1 Å². The van der Waals surface area contributed by atoms with Crippen molar-refractivity contribution in [2.24, 2.45) is 0 Å². The van der Waals surface area contributed by atoms with Gasteiger partial charge in [0.15, 0.2) is 11.6 Å². The first-order valence-corrected chi connectivity index (χ1v) is 4.18. The molecule has 0 aliphatic rings. The van der Waals surface area contributed by atoms with Gasteiger partial charge in [0.05, 0.1) is 5.52 Å². The molecule has 2 aromatic heterocycles. The molecule has 2 rings (SSSR count). The van der Waals surface area contributed by atoms with E-state index in [1.165, 1.54) is 11.1 Å². The maximum Gasteiger partial charge on any atom is 0.200 e. The summed E-state index contributed by atoms with van der Waals surface area (Å²) in [6.45, 7) is 6.07. The van der Waals surface area contributed by atoms with Gasteiger partial charge in [0.1, 0.15) is 0 Å². The zero-order chi connectivity index (χ0) is 9.59. The van der Waals surface area contributed by atoms with Crippen LogP contribution in [-0.2, 0) is 0 Å². The van der Waals surface area contributed by atoms with Crippen LogP contribution < -0.4 is 5.73 Å². The maximum atomic E-state index is 5.55. The predicted molar refractivity (Wildman–Crippen MR) is 52.5 cm³/mol. The molecule has 0 bridgehead atoms. The number of aromatic nitrogens is 3. The molecule has 0 spiro atoms. The van der Waals surface area contributed by atoms with Crippen LogP contribution in [-0.4, -0.2) is 15.0 Å². The van der Waals surface area contributed by atoms with E-state index in [1.807, 2.05) is 20.8 Å². The van der Waals surface area contributed by atoms with Gasteiger partial charge in [-0.3, -0.25) is 0 Å². The second-order valence-corrected chi connectivity index (χ2v) is 3.27. The summed E-state index contributed by atoms with van der Waals surface area (Å²) in [6, 6.07) is 0. The van der Waals surface area contributed by atoms with E-state index in [0.717, 1.165) is 11.2 Å². The lowest BCUT2D eigenvalue weighted by Gasteiger charge is -2.03. The van der Waals surface area contributed by atoms with E-state index < -0.39 is 0 Å². The number of fused-ring (bicyclic) bond motifs is 1. The number of nitrogens with two attached hydrogens (primary N) is 1. The van der Waals surface area contributed by atoms with Gasteiger partial charge < -0.3 is 10.7 Å². The lowest BCUT2D eigenvalue weighted by Crippen LogP contribution is -1.92. The monoisotopic (exact) mass is 176 g/mol. The second kappa shape index (κ2) is 2.45. The molecule has 0 atom stereocenters. The van der Waals surface area contributed by atoms with Gasteiger partial charge in [-0.15, -0.1) is 0 Å². The summed E-state index contributed by atoms with van der Waals surface area (Å²) in [5, 5.41) is 0. The van der Waals surface area contributed by atoms with E-state index >= 15 is 0 Å². The number of aryl methyl sites for hydroxylation is 2. The SMILES string of the molecule is Cc1nc2nc(N)[nH]c2c(C)c1C. The maximum absolute atomic E-state index is 5.55. The van der Waals surface area contributed by atoms with Crippen molar-refractivity contribution in [2.75, 3.05) is 5.73 Å². The van der Waals surface area contributed by atoms with Crippen LogP contribution in [0.2, 0.25) is 0 Å². The minimum Gasteiger partial charge on any atom is -0.369 e. The Morgan fingerprint density at radius 3 is 2.46 bits per heavy atom. The minimum atomic E-state index is 0.426. The summed E-state index contributed by atoms with van der Waals surface area (Å²) in [4.78, 5) is 11.4. The molecular weight excluding hydrogens is 164 g/mol. The largest absolute Gasteiger partial charge is 0.369 e. The molecule has 0 saturated heterocycles. The Bertz CT molecular complexity index is 470. The molecule has 68 valence electrons. The van der Waals surface area contributed by atoms with E-state index in [0.29, 0.717) is 11.6 Å². The number of hydrogen-bond donors (Lipinski definition) is 2. The van der Waals surface area contributed by atoms with Crippen molar-refractivity contribution in [1.29, 1.82) is 0 Å². The molecule has 0 amide bonds. The van der Waals surface area contributed by atoms with Crippen LogP contribution in [0.4, 0.5) is 5.95 Å². The van der Waals surface area contributed by atoms with Crippen LogP contribution in [0.1, 0.15) is 16.8 Å². The number of anilines is 1. The van der Waals surface area contributed by atoms with E-state index in [4.69, 9.17) is 5.73 Å². The third kappa shape index (κ3) is 1.06. The first kappa shape index (κ1) is 8.04. The molecule has 0 saturated carbocycles. The molecule has 0 aliphatic carbocycles. The molecule has 0 radical (unpaired) electrons. The topological polar surface area (TPSA) is 67.6 Å². The number of imidazole rings is 1. The molecule has 4 nitrogen and oxygen atoms in total. The average molecular weight is 176 g/mol. The lowest BCUT2D eigenvalue weighted by molar-refractivity contribution is 1.15. The molecule has 3 N–H and O–H groups in total. The minimum absolute atomic E-state index is 0.426. The Morgan fingerprint density at radius 2 is 1.77 bits per heavy atom. The quantitative estimate of drug-likeness (QED) is 0.638. The second-order valence-electron chi connectivity index (χ2n) is 3.27. The Balaban J connectivity index is 2.92. The number of nitrogens with zero attached hydrogens (tertiary/aromatic N) is 2. The molecule has 0 aliphatic heterocycles. The smallest absolute Gasteiger partial charge is 0.200 e. The van der Waals surface area contributed by atoms with E-state index in [9.17, 15) is 0 Å². The highest BCUT2D eigenvalue weighted by Crippen LogP contribution is 2.20. The molecule has 2 aromatic rings. The van der Waals surface area contributed by atoms with E-state index in [2.05, 4.69) is 15.0 Å². The number of nitrogens with one attached hydrogen (secondary N) is 1. The fraction of sp³-hybridized carbons (Fsp3) is 0.333. The van der Waals surface area contributed by atoms with Crippen LogP contribution in [0.5, 0.6) is 0 Å². The Hall–Kier alpha value is -1.58. The van der Waals surface area contributed by atoms with Gasteiger partial charge in [-0.1, -0.05) is 0 Å². The van der Waals surface area contributed by atoms with Crippen LogP contribution in [0.15, 0.2) is 0 Å². The lowest BCUT2D eigenvalue weighted by atomic mass is 10.1. The molecular formula is C9H12N4. The number of H-pyrrole nitrogens is 1. The van der Waals surface area contributed by atoms with Gasteiger partial charge in [-0.05, 0) is 31.9 Å². The summed E-state index contributed by atoms with van der Waals surface area (Å²) >= 11 is 0. The standard InChI is InChI=1S/C9H12N4/c1-4-5(2)7-8(11-6(4)3)13-9(10)12-7/h1-3H3,(H3,10,11,12,13). The number of pyridine rings is 1. The predicted octanol–water partition coefficient (Wildman–Crippen LogP) is 1.47.